The molecule has 0 amide bonds. The predicted molar refractivity (Wildman–Crippen MR) is 36.7 cm³/mol. The number of hydrogen-bond acceptors (Lipinski definition) is 2. The van der Waals surface area contributed by atoms with E-state index in [1.165, 1.54) is 12.8 Å². The average molecular weight is 140 g/mol. The number of methoxy groups -OCH3 is 1. The van der Waals surface area contributed by atoms with Gasteiger partial charge in [-0.2, -0.15) is 0 Å². The molecule has 10 heavy (non-hydrogen) atoms. The van der Waals surface area contributed by atoms with E-state index >= 15 is 0 Å². The maximum Gasteiger partial charge on any atom is 0.162 e. The zero-order valence-corrected chi connectivity index (χ0v) is 6.44. The summed E-state index contributed by atoms with van der Waals surface area (Å²) in [4.78, 5) is 11.1. The quantitative estimate of drug-likeness (QED) is 0.575. The van der Waals surface area contributed by atoms with Gasteiger partial charge in [-0.25, -0.2) is 0 Å². The molecule has 0 N–H and O–H groups in total. The van der Waals surface area contributed by atoms with Gasteiger partial charge in [0.15, 0.2) is 5.78 Å². The molecule has 0 radical (unpaired) electrons. The molecule has 2 aliphatic rings. The van der Waals surface area contributed by atoms with Crippen molar-refractivity contribution in [3.8, 4) is 0 Å². The lowest BCUT2D eigenvalue weighted by Gasteiger charge is -2.09. The lowest BCUT2D eigenvalue weighted by molar-refractivity contribution is -0.130. The molecule has 2 rings (SSSR count). The highest BCUT2D eigenvalue weighted by Gasteiger charge is 2.77. The third-order valence-corrected chi connectivity index (χ3v) is 3.09. The molecule has 2 aliphatic carbocycles. The Bertz CT molecular complexity index is 193. The lowest BCUT2D eigenvalue weighted by Crippen LogP contribution is -2.25. The van der Waals surface area contributed by atoms with Gasteiger partial charge in [-0.15, -0.1) is 0 Å². The van der Waals surface area contributed by atoms with Gasteiger partial charge in [0.2, 0.25) is 0 Å². The van der Waals surface area contributed by atoms with Crippen LogP contribution in [0, 0.1) is 5.41 Å². The Balaban J connectivity index is 2.20. The number of rotatable bonds is 2. The number of Topliss-reactive ketones (excluding diaryl/α,β-unsaturated/α-hetero) is 1. The SMILES string of the molecule is COC1(C(C)=O)CC12CC2. The first-order valence-corrected chi connectivity index (χ1v) is 3.73. The van der Waals surface area contributed by atoms with E-state index in [0.29, 0.717) is 5.41 Å². The summed E-state index contributed by atoms with van der Waals surface area (Å²) in [5.41, 5.74) is -0.0272. The van der Waals surface area contributed by atoms with Crippen molar-refractivity contribution < 1.29 is 9.53 Å². The molecule has 0 aromatic heterocycles. The summed E-state index contributed by atoms with van der Waals surface area (Å²) in [5.74, 6) is 0.215. The Hall–Kier alpha value is -0.370. The molecule has 1 atom stereocenters. The minimum absolute atomic E-state index is 0.215. The number of ether oxygens (including phenoxy) is 1. The molecule has 0 aliphatic heterocycles. The zero-order valence-electron chi connectivity index (χ0n) is 6.44. The second kappa shape index (κ2) is 1.45. The molecule has 2 saturated carbocycles. The van der Waals surface area contributed by atoms with Gasteiger partial charge in [0.25, 0.3) is 0 Å². The summed E-state index contributed by atoms with van der Waals surface area (Å²) in [6, 6.07) is 0. The van der Waals surface area contributed by atoms with Gasteiger partial charge in [0.05, 0.1) is 0 Å². The van der Waals surface area contributed by atoms with Crippen LogP contribution in [0.15, 0.2) is 0 Å². The summed E-state index contributed by atoms with van der Waals surface area (Å²) in [6.07, 6.45) is 3.37. The van der Waals surface area contributed by atoms with Crippen molar-refractivity contribution in [1.82, 2.24) is 0 Å². The lowest BCUT2D eigenvalue weighted by atomic mass is 10.1. The Morgan fingerprint density at radius 2 is 2.10 bits per heavy atom. The standard InChI is InChI=1S/C8H12O2/c1-6(9)8(10-2)5-7(8)3-4-7/h3-5H2,1-2H3. The summed E-state index contributed by atoms with van der Waals surface area (Å²) in [7, 11) is 1.65. The number of hydrogen-bond donors (Lipinski definition) is 0. The van der Waals surface area contributed by atoms with Crippen LogP contribution in [0.1, 0.15) is 26.2 Å². The summed E-state index contributed by atoms with van der Waals surface area (Å²) < 4.78 is 5.24. The monoisotopic (exact) mass is 140 g/mol. The van der Waals surface area contributed by atoms with Crippen LogP contribution in [-0.2, 0) is 9.53 Å². The van der Waals surface area contributed by atoms with Crippen molar-refractivity contribution in [2.75, 3.05) is 7.11 Å². The van der Waals surface area contributed by atoms with Crippen LogP contribution >= 0.6 is 0 Å². The zero-order chi connectivity index (χ0) is 7.41. The molecule has 0 heterocycles. The normalized spacial score (nSPS) is 39.8. The van der Waals surface area contributed by atoms with E-state index in [9.17, 15) is 4.79 Å². The van der Waals surface area contributed by atoms with Crippen molar-refractivity contribution in [3.63, 3.8) is 0 Å². The molecule has 0 saturated heterocycles. The van der Waals surface area contributed by atoms with E-state index in [-0.39, 0.29) is 11.4 Å². The first-order valence-electron chi connectivity index (χ1n) is 3.73. The molecule has 2 nitrogen and oxygen atoms in total. The molecule has 0 aromatic carbocycles. The fourth-order valence-corrected chi connectivity index (χ4v) is 2.09. The van der Waals surface area contributed by atoms with E-state index in [2.05, 4.69) is 0 Å². The molecule has 2 fully saturated rings. The van der Waals surface area contributed by atoms with Crippen LogP contribution in [0.3, 0.4) is 0 Å². The Morgan fingerprint density at radius 3 is 2.20 bits per heavy atom. The fraction of sp³-hybridized carbons (Fsp3) is 0.875. The van der Waals surface area contributed by atoms with Crippen molar-refractivity contribution in [3.05, 3.63) is 0 Å². The Labute approximate surface area is 60.6 Å². The van der Waals surface area contributed by atoms with Crippen LogP contribution < -0.4 is 0 Å². The third kappa shape index (κ3) is 0.473. The Morgan fingerprint density at radius 1 is 1.50 bits per heavy atom. The minimum Gasteiger partial charge on any atom is -0.370 e. The highest BCUT2D eigenvalue weighted by atomic mass is 16.5. The van der Waals surface area contributed by atoms with Crippen molar-refractivity contribution in [2.45, 2.75) is 31.8 Å². The van der Waals surface area contributed by atoms with Crippen LogP contribution in [0.4, 0.5) is 0 Å². The van der Waals surface area contributed by atoms with Gasteiger partial charge < -0.3 is 4.74 Å². The second-order valence-electron chi connectivity index (χ2n) is 3.54. The largest absolute Gasteiger partial charge is 0.370 e. The van der Waals surface area contributed by atoms with Crippen LogP contribution in [-0.4, -0.2) is 18.5 Å². The number of ketones is 1. The number of carbonyl (C=O) groups excluding carboxylic acids is 1. The van der Waals surface area contributed by atoms with Crippen LogP contribution in [0.5, 0.6) is 0 Å². The third-order valence-electron chi connectivity index (χ3n) is 3.09. The average Bonchev–Trinajstić information content (AvgIpc) is 2.74. The minimum atomic E-state index is -0.340. The highest BCUT2D eigenvalue weighted by molar-refractivity contribution is 5.90. The van der Waals surface area contributed by atoms with Crippen molar-refractivity contribution >= 4 is 5.78 Å². The van der Waals surface area contributed by atoms with Gasteiger partial charge in [0.1, 0.15) is 5.60 Å². The maximum atomic E-state index is 11.1. The van der Waals surface area contributed by atoms with Gasteiger partial charge in [0, 0.05) is 12.5 Å². The van der Waals surface area contributed by atoms with Gasteiger partial charge in [-0.3, -0.25) is 4.79 Å². The molecule has 0 aromatic rings. The molecular formula is C8H12O2. The van der Waals surface area contributed by atoms with E-state index in [1.807, 2.05) is 0 Å². The summed E-state index contributed by atoms with van der Waals surface area (Å²) in [6.45, 7) is 1.64. The second-order valence-corrected chi connectivity index (χ2v) is 3.54. The van der Waals surface area contributed by atoms with Gasteiger partial charge >= 0.3 is 0 Å². The van der Waals surface area contributed by atoms with E-state index < -0.39 is 0 Å². The van der Waals surface area contributed by atoms with E-state index in [1.54, 1.807) is 14.0 Å². The fourth-order valence-electron chi connectivity index (χ4n) is 2.09. The molecular weight excluding hydrogens is 128 g/mol. The molecule has 2 heteroatoms. The maximum absolute atomic E-state index is 11.1. The molecule has 0 bridgehead atoms. The predicted octanol–water partition coefficient (Wildman–Crippen LogP) is 1.14. The van der Waals surface area contributed by atoms with Crippen molar-refractivity contribution in [1.29, 1.82) is 0 Å². The first-order chi connectivity index (χ1) is 4.67. The van der Waals surface area contributed by atoms with Gasteiger partial charge in [-0.05, 0) is 26.2 Å². The topological polar surface area (TPSA) is 26.3 Å². The summed E-state index contributed by atoms with van der Waals surface area (Å²) >= 11 is 0. The number of carbonyl (C=O) groups is 1. The van der Waals surface area contributed by atoms with Gasteiger partial charge in [-0.1, -0.05) is 0 Å². The van der Waals surface area contributed by atoms with Crippen LogP contribution in [0.2, 0.25) is 0 Å². The Kier molecular flexibility index (Phi) is 0.919. The highest BCUT2D eigenvalue weighted by Crippen LogP contribution is 2.74. The summed E-state index contributed by atoms with van der Waals surface area (Å²) in [5, 5.41) is 0. The van der Waals surface area contributed by atoms with E-state index in [4.69, 9.17) is 4.74 Å². The molecule has 1 unspecified atom stereocenters. The molecule has 56 valence electrons. The smallest absolute Gasteiger partial charge is 0.162 e. The van der Waals surface area contributed by atoms with Crippen LogP contribution in [0.25, 0.3) is 0 Å². The first kappa shape index (κ1) is 6.35. The molecule has 1 spiro atoms. The van der Waals surface area contributed by atoms with Crippen molar-refractivity contribution in [2.24, 2.45) is 5.41 Å². The van der Waals surface area contributed by atoms with E-state index in [0.717, 1.165) is 6.42 Å².